The number of alkyl halides is 3. The lowest BCUT2D eigenvalue weighted by Crippen LogP contribution is -2.47. The van der Waals surface area contributed by atoms with Crippen LogP contribution in [0.5, 0.6) is 5.75 Å². The second-order valence-corrected chi connectivity index (χ2v) is 7.03. The summed E-state index contributed by atoms with van der Waals surface area (Å²) in [6.07, 6.45) is -3.43. The van der Waals surface area contributed by atoms with Gasteiger partial charge in [-0.25, -0.2) is 4.68 Å². The Balaban J connectivity index is 2.16. The van der Waals surface area contributed by atoms with Gasteiger partial charge < -0.3 is 16.2 Å². The molecule has 4 N–H and O–H groups in total. The first kappa shape index (κ1) is 20.1. The maximum absolute atomic E-state index is 12.4. The van der Waals surface area contributed by atoms with Crippen LogP contribution in [0.4, 0.5) is 19.0 Å². The summed E-state index contributed by atoms with van der Waals surface area (Å²) in [5.41, 5.74) is 10.5. The number of halogens is 5. The molecule has 3 rings (SSSR count). The fraction of sp³-hybridized carbons (Fsp3) is 0.312. The molecule has 1 heterocycles. The van der Waals surface area contributed by atoms with E-state index in [9.17, 15) is 23.2 Å². The van der Waals surface area contributed by atoms with Crippen LogP contribution < -0.4 is 16.2 Å². The van der Waals surface area contributed by atoms with E-state index in [1.54, 1.807) is 0 Å². The third-order valence-electron chi connectivity index (χ3n) is 4.62. The van der Waals surface area contributed by atoms with Crippen molar-refractivity contribution in [2.24, 2.45) is 5.73 Å². The topological polar surface area (TPSA) is 120 Å². The van der Waals surface area contributed by atoms with Gasteiger partial charge in [0.05, 0.1) is 15.5 Å². The van der Waals surface area contributed by atoms with Gasteiger partial charge in [-0.2, -0.15) is 10.4 Å². The normalized spacial score (nSPS) is 15.6. The lowest BCUT2D eigenvalue weighted by Gasteiger charge is -2.38. The zero-order chi connectivity index (χ0) is 20.9. The van der Waals surface area contributed by atoms with Gasteiger partial charge in [0.15, 0.2) is 5.69 Å². The van der Waals surface area contributed by atoms with E-state index in [4.69, 9.17) is 34.7 Å². The second kappa shape index (κ2) is 6.76. The van der Waals surface area contributed by atoms with E-state index < -0.39 is 23.4 Å². The molecular formula is C16H12Cl2F3N5O2. The van der Waals surface area contributed by atoms with Crippen LogP contribution in [0, 0.1) is 11.3 Å². The molecule has 148 valence electrons. The summed E-state index contributed by atoms with van der Waals surface area (Å²) in [5, 5.41) is 13.0. The fourth-order valence-electron chi connectivity index (χ4n) is 3.24. The number of aromatic nitrogens is 2. The Kier molecular flexibility index (Phi) is 4.85. The number of carbonyl (C=O) groups excluding carboxylic acids is 1. The number of rotatable bonds is 4. The first-order valence-corrected chi connectivity index (χ1v) is 8.60. The van der Waals surface area contributed by atoms with E-state index >= 15 is 0 Å². The number of hydrogen-bond donors (Lipinski definition) is 2. The highest BCUT2D eigenvalue weighted by Gasteiger charge is 2.49. The number of anilines is 1. The molecular weight excluding hydrogens is 422 g/mol. The first-order chi connectivity index (χ1) is 13.0. The van der Waals surface area contributed by atoms with Gasteiger partial charge in [-0.05, 0) is 12.8 Å². The predicted octanol–water partition coefficient (Wildman–Crippen LogP) is 3.44. The van der Waals surface area contributed by atoms with Crippen LogP contribution in [-0.2, 0) is 10.2 Å². The lowest BCUT2D eigenvalue weighted by molar-refractivity contribution is -0.274. The minimum atomic E-state index is -4.93. The van der Waals surface area contributed by atoms with Crippen molar-refractivity contribution in [1.29, 1.82) is 5.26 Å². The number of nitrogens with zero attached hydrogens (tertiary/aromatic N) is 3. The highest BCUT2D eigenvalue weighted by Crippen LogP contribution is 2.48. The number of hydrogen-bond acceptors (Lipinski definition) is 5. The Bertz CT molecular complexity index is 986. The van der Waals surface area contributed by atoms with Gasteiger partial charge in [0.1, 0.15) is 23.3 Å². The number of amides is 1. The van der Waals surface area contributed by atoms with E-state index in [1.807, 2.05) is 6.07 Å². The van der Waals surface area contributed by atoms with Crippen molar-refractivity contribution in [3.8, 4) is 17.5 Å². The molecule has 2 aromatic rings. The Hall–Kier alpha value is -2.64. The van der Waals surface area contributed by atoms with Gasteiger partial charge in [0, 0.05) is 17.7 Å². The first-order valence-electron chi connectivity index (χ1n) is 7.84. The Morgan fingerprint density at radius 3 is 2.29 bits per heavy atom. The largest absolute Gasteiger partial charge is 0.573 e. The monoisotopic (exact) mass is 433 g/mol. The van der Waals surface area contributed by atoms with Crippen LogP contribution in [0.1, 0.15) is 30.5 Å². The van der Waals surface area contributed by atoms with Crippen LogP contribution in [0.15, 0.2) is 12.1 Å². The minimum absolute atomic E-state index is 0.0583. The SMILES string of the molecule is N#Cc1nn(-c2c(Cl)cc(OC(F)(F)F)cc2Cl)c(N)c1C1(C(N)=O)CCC1. The fourth-order valence-corrected chi connectivity index (χ4v) is 3.87. The van der Waals surface area contributed by atoms with E-state index in [0.29, 0.717) is 19.3 Å². The average molecular weight is 434 g/mol. The number of nitrogens with two attached hydrogens (primary N) is 2. The van der Waals surface area contributed by atoms with Crippen LogP contribution in [0.2, 0.25) is 10.0 Å². The van der Waals surface area contributed by atoms with Gasteiger partial charge in [-0.3, -0.25) is 4.79 Å². The molecule has 0 spiro atoms. The number of nitriles is 1. The standard InChI is InChI=1S/C16H12Cl2F3N5O2/c17-8-4-7(28-16(19,20)21)5-9(18)12(8)26-13(23)11(10(6-22)25-26)15(14(24)27)2-1-3-15/h4-5H,1-3,23H2,(H2,24,27). The molecule has 1 aliphatic carbocycles. The summed E-state index contributed by atoms with van der Waals surface area (Å²) in [7, 11) is 0. The summed E-state index contributed by atoms with van der Waals surface area (Å²) in [5.74, 6) is -1.37. The molecule has 28 heavy (non-hydrogen) atoms. The van der Waals surface area contributed by atoms with E-state index in [1.165, 1.54) is 0 Å². The minimum Gasteiger partial charge on any atom is -0.406 e. The van der Waals surface area contributed by atoms with Crippen molar-refractivity contribution in [2.45, 2.75) is 31.0 Å². The number of primary amides is 1. The predicted molar refractivity (Wildman–Crippen MR) is 94.1 cm³/mol. The highest BCUT2D eigenvalue weighted by molar-refractivity contribution is 6.38. The van der Waals surface area contributed by atoms with Gasteiger partial charge in [0.25, 0.3) is 0 Å². The lowest BCUT2D eigenvalue weighted by atomic mass is 9.63. The van der Waals surface area contributed by atoms with Crippen molar-refractivity contribution in [2.75, 3.05) is 5.73 Å². The maximum atomic E-state index is 12.4. The molecule has 1 amide bonds. The molecule has 1 saturated carbocycles. The molecule has 0 saturated heterocycles. The molecule has 0 aliphatic heterocycles. The van der Waals surface area contributed by atoms with E-state index in [2.05, 4.69) is 9.84 Å². The zero-order valence-corrected chi connectivity index (χ0v) is 15.5. The van der Waals surface area contributed by atoms with Crippen LogP contribution in [-0.4, -0.2) is 22.1 Å². The Morgan fingerprint density at radius 1 is 1.32 bits per heavy atom. The molecule has 0 unspecified atom stereocenters. The van der Waals surface area contributed by atoms with E-state index in [-0.39, 0.29) is 32.8 Å². The third kappa shape index (κ3) is 3.21. The quantitative estimate of drug-likeness (QED) is 0.764. The molecule has 1 aliphatic rings. The van der Waals surface area contributed by atoms with Gasteiger partial charge in [-0.1, -0.05) is 29.6 Å². The summed E-state index contributed by atoms with van der Waals surface area (Å²) in [4.78, 5) is 12.0. The zero-order valence-electron chi connectivity index (χ0n) is 14.0. The molecule has 12 heteroatoms. The molecule has 1 aromatic heterocycles. The highest BCUT2D eigenvalue weighted by atomic mass is 35.5. The van der Waals surface area contributed by atoms with Crippen LogP contribution in [0.25, 0.3) is 5.69 Å². The van der Waals surface area contributed by atoms with Gasteiger partial charge in [0.2, 0.25) is 5.91 Å². The van der Waals surface area contributed by atoms with Crippen molar-refractivity contribution >= 4 is 34.9 Å². The molecule has 0 bridgehead atoms. The second-order valence-electron chi connectivity index (χ2n) is 6.22. The molecule has 1 fully saturated rings. The molecule has 7 nitrogen and oxygen atoms in total. The van der Waals surface area contributed by atoms with Crippen molar-refractivity contribution < 1.29 is 22.7 Å². The maximum Gasteiger partial charge on any atom is 0.573 e. The van der Waals surface area contributed by atoms with Crippen molar-refractivity contribution in [1.82, 2.24) is 9.78 Å². The third-order valence-corrected chi connectivity index (χ3v) is 5.20. The van der Waals surface area contributed by atoms with Crippen molar-refractivity contribution in [3.63, 3.8) is 0 Å². The number of carbonyl (C=O) groups is 1. The van der Waals surface area contributed by atoms with Gasteiger partial charge in [-0.15, -0.1) is 13.2 Å². The Morgan fingerprint density at radius 2 is 1.89 bits per heavy atom. The number of ether oxygens (including phenoxy) is 1. The van der Waals surface area contributed by atoms with Crippen molar-refractivity contribution in [3.05, 3.63) is 33.4 Å². The summed E-state index contributed by atoms with van der Waals surface area (Å²) in [6.45, 7) is 0. The van der Waals surface area contributed by atoms with Gasteiger partial charge >= 0.3 is 6.36 Å². The number of nitrogen functional groups attached to an aromatic ring is 1. The molecule has 1 aromatic carbocycles. The molecule has 0 radical (unpaired) electrons. The smallest absolute Gasteiger partial charge is 0.406 e. The molecule has 0 atom stereocenters. The van der Waals surface area contributed by atoms with Crippen LogP contribution >= 0.6 is 23.2 Å². The summed E-state index contributed by atoms with van der Waals surface area (Å²) in [6, 6.07) is 3.63. The Labute approximate surface area is 166 Å². The van der Waals surface area contributed by atoms with E-state index in [0.717, 1.165) is 16.8 Å². The van der Waals surface area contributed by atoms with Crippen LogP contribution in [0.3, 0.4) is 0 Å². The summed E-state index contributed by atoms with van der Waals surface area (Å²) < 4.78 is 42.1. The average Bonchev–Trinajstić information content (AvgIpc) is 2.81. The summed E-state index contributed by atoms with van der Waals surface area (Å²) >= 11 is 12.2. The number of benzene rings is 1.